The van der Waals surface area contributed by atoms with Gasteiger partial charge in [0.05, 0.1) is 6.10 Å². The van der Waals surface area contributed by atoms with Gasteiger partial charge in [0, 0.05) is 23.2 Å². The molecule has 1 heterocycles. The third-order valence-corrected chi connectivity index (χ3v) is 4.20. The molecule has 1 unspecified atom stereocenters. The van der Waals surface area contributed by atoms with Gasteiger partial charge >= 0.3 is 0 Å². The number of benzene rings is 1. The molecular weight excluding hydrogens is 330 g/mol. The summed E-state index contributed by atoms with van der Waals surface area (Å²) in [4.78, 5) is 0. The first-order chi connectivity index (χ1) is 10.2. The Morgan fingerprint density at radius 3 is 2.95 bits per heavy atom. The quantitative estimate of drug-likeness (QED) is 0.743. The molecule has 1 fully saturated rings. The largest absolute Gasteiger partial charge is 0.490 e. The van der Waals surface area contributed by atoms with Gasteiger partial charge in [-0.2, -0.15) is 0 Å². The summed E-state index contributed by atoms with van der Waals surface area (Å²) in [7, 11) is 0. The van der Waals surface area contributed by atoms with Gasteiger partial charge < -0.3 is 14.8 Å². The zero-order valence-electron chi connectivity index (χ0n) is 13.1. The third-order valence-electron chi connectivity index (χ3n) is 3.75. The second kappa shape index (κ2) is 8.76. The highest BCUT2D eigenvalue weighted by molar-refractivity contribution is 9.10. The van der Waals surface area contributed by atoms with Crippen LogP contribution in [0.25, 0.3) is 0 Å². The first-order valence-electron chi connectivity index (χ1n) is 7.95. The Hall–Kier alpha value is -0.580. The normalized spacial score (nSPS) is 18.7. The summed E-state index contributed by atoms with van der Waals surface area (Å²) in [6.07, 6.45) is 4.93. The molecule has 118 valence electrons. The highest BCUT2D eigenvalue weighted by Gasteiger charge is 2.16. The average Bonchev–Trinajstić information content (AvgIpc) is 2.47. The fourth-order valence-electron chi connectivity index (χ4n) is 2.65. The Morgan fingerprint density at radius 1 is 1.38 bits per heavy atom. The van der Waals surface area contributed by atoms with Gasteiger partial charge in [0.2, 0.25) is 0 Å². The number of ether oxygens (including phenoxy) is 2. The van der Waals surface area contributed by atoms with Gasteiger partial charge in [0.1, 0.15) is 12.4 Å². The van der Waals surface area contributed by atoms with Crippen LogP contribution in [-0.4, -0.2) is 25.9 Å². The molecule has 0 spiro atoms. The Morgan fingerprint density at radius 2 is 2.24 bits per heavy atom. The summed E-state index contributed by atoms with van der Waals surface area (Å²) in [5, 5.41) is 3.45. The van der Waals surface area contributed by atoms with Crippen molar-refractivity contribution < 1.29 is 9.47 Å². The molecule has 1 atom stereocenters. The summed E-state index contributed by atoms with van der Waals surface area (Å²) in [5.41, 5.74) is 2.39. The molecule has 0 aromatic heterocycles. The van der Waals surface area contributed by atoms with Crippen molar-refractivity contribution in [3.05, 3.63) is 27.7 Å². The van der Waals surface area contributed by atoms with E-state index in [4.69, 9.17) is 9.47 Å². The monoisotopic (exact) mass is 355 g/mol. The van der Waals surface area contributed by atoms with E-state index in [1.165, 1.54) is 24.0 Å². The topological polar surface area (TPSA) is 30.5 Å². The number of hydrogen-bond acceptors (Lipinski definition) is 3. The van der Waals surface area contributed by atoms with Crippen LogP contribution in [0.5, 0.6) is 5.75 Å². The van der Waals surface area contributed by atoms with E-state index in [9.17, 15) is 0 Å². The van der Waals surface area contributed by atoms with Crippen molar-refractivity contribution in [1.29, 1.82) is 0 Å². The Balaban J connectivity index is 2.01. The summed E-state index contributed by atoms with van der Waals surface area (Å²) in [6, 6.07) is 4.26. The molecule has 1 aliphatic rings. The average molecular weight is 356 g/mol. The van der Waals surface area contributed by atoms with Crippen molar-refractivity contribution in [2.75, 3.05) is 19.8 Å². The smallest absolute Gasteiger partial charge is 0.126 e. The van der Waals surface area contributed by atoms with E-state index < -0.39 is 0 Å². The fourth-order valence-corrected chi connectivity index (χ4v) is 3.27. The molecule has 0 radical (unpaired) electrons. The molecule has 1 N–H and O–H groups in total. The molecule has 0 saturated carbocycles. The van der Waals surface area contributed by atoms with Gasteiger partial charge in [-0.15, -0.1) is 0 Å². The standard InChI is InChI=1S/C17H26BrNO2/c1-3-7-19-11-14-10-15(18)9-13(2)17(14)21-12-16-6-4-5-8-20-16/h9-10,16,19H,3-8,11-12H2,1-2H3. The highest BCUT2D eigenvalue weighted by atomic mass is 79.9. The number of hydrogen-bond donors (Lipinski definition) is 1. The maximum absolute atomic E-state index is 6.11. The molecule has 1 aromatic rings. The Bertz CT molecular complexity index is 445. The van der Waals surface area contributed by atoms with Gasteiger partial charge in [-0.3, -0.25) is 0 Å². The Kier molecular flexibility index (Phi) is 7.00. The SMILES string of the molecule is CCCNCc1cc(Br)cc(C)c1OCC1CCCCO1. The zero-order chi connectivity index (χ0) is 15.1. The van der Waals surface area contributed by atoms with Crippen molar-refractivity contribution in [3.63, 3.8) is 0 Å². The molecule has 0 aliphatic carbocycles. The first kappa shape index (κ1) is 16.8. The minimum atomic E-state index is 0.248. The second-order valence-corrected chi connectivity index (χ2v) is 6.60. The van der Waals surface area contributed by atoms with E-state index in [0.717, 1.165) is 42.8 Å². The van der Waals surface area contributed by atoms with Gasteiger partial charge in [0.25, 0.3) is 0 Å². The highest BCUT2D eigenvalue weighted by Crippen LogP contribution is 2.29. The first-order valence-corrected chi connectivity index (χ1v) is 8.74. The van der Waals surface area contributed by atoms with Crippen LogP contribution in [0.2, 0.25) is 0 Å². The second-order valence-electron chi connectivity index (χ2n) is 5.69. The molecule has 1 aromatic carbocycles. The van der Waals surface area contributed by atoms with Crippen molar-refractivity contribution in [2.45, 2.75) is 52.2 Å². The lowest BCUT2D eigenvalue weighted by molar-refractivity contribution is -0.0113. The van der Waals surface area contributed by atoms with Crippen molar-refractivity contribution in [2.24, 2.45) is 0 Å². The van der Waals surface area contributed by atoms with Crippen LogP contribution in [0.15, 0.2) is 16.6 Å². The lowest BCUT2D eigenvalue weighted by atomic mass is 10.1. The lowest BCUT2D eigenvalue weighted by Crippen LogP contribution is -2.26. The van der Waals surface area contributed by atoms with Crippen LogP contribution < -0.4 is 10.1 Å². The molecule has 2 rings (SSSR count). The van der Waals surface area contributed by atoms with Crippen LogP contribution in [0.3, 0.4) is 0 Å². The van der Waals surface area contributed by atoms with Crippen molar-refractivity contribution in [1.82, 2.24) is 5.32 Å². The maximum Gasteiger partial charge on any atom is 0.126 e. The number of aryl methyl sites for hydroxylation is 1. The van der Waals surface area contributed by atoms with Crippen LogP contribution in [0.4, 0.5) is 0 Å². The van der Waals surface area contributed by atoms with E-state index in [1.807, 2.05) is 0 Å². The van der Waals surface area contributed by atoms with Gasteiger partial charge in [0.15, 0.2) is 0 Å². The molecule has 3 nitrogen and oxygen atoms in total. The van der Waals surface area contributed by atoms with Gasteiger partial charge in [-0.25, -0.2) is 0 Å². The molecular formula is C17H26BrNO2. The summed E-state index contributed by atoms with van der Waals surface area (Å²) < 4.78 is 13.0. The molecule has 4 heteroatoms. The summed E-state index contributed by atoms with van der Waals surface area (Å²) >= 11 is 3.58. The minimum Gasteiger partial charge on any atom is -0.490 e. The number of nitrogens with one attached hydrogen (secondary N) is 1. The number of rotatable bonds is 7. The van der Waals surface area contributed by atoms with E-state index in [-0.39, 0.29) is 6.10 Å². The summed E-state index contributed by atoms with van der Waals surface area (Å²) in [6.45, 7) is 7.68. The summed E-state index contributed by atoms with van der Waals surface area (Å²) in [5.74, 6) is 1.01. The molecule has 0 bridgehead atoms. The molecule has 1 aliphatic heterocycles. The van der Waals surface area contributed by atoms with E-state index in [0.29, 0.717) is 6.61 Å². The van der Waals surface area contributed by atoms with Crippen molar-refractivity contribution >= 4 is 15.9 Å². The molecule has 0 amide bonds. The predicted octanol–water partition coefficient (Wildman–Crippen LogP) is 4.21. The zero-order valence-corrected chi connectivity index (χ0v) is 14.7. The van der Waals surface area contributed by atoms with E-state index in [1.54, 1.807) is 0 Å². The van der Waals surface area contributed by atoms with E-state index >= 15 is 0 Å². The lowest BCUT2D eigenvalue weighted by Gasteiger charge is -2.24. The molecule has 1 saturated heterocycles. The fraction of sp³-hybridized carbons (Fsp3) is 0.647. The van der Waals surface area contributed by atoms with Gasteiger partial charge in [-0.05, 0) is 56.8 Å². The van der Waals surface area contributed by atoms with Crippen molar-refractivity contribution in [3.8, 4) is 5.75 Å². The van der Waals surface area contributed by atoms with Crippen LogP contribution in [0.1, 0.15) is 43.7 Å². The maximum atomic E-state index is 6.11. The van der Waals surface area contributed by atoms with E-state index in [2.05, 4.69) is 47.2 Å². The third kappa shape index (κ3) is 5.28. The predicted molar refractivity (Wildman–Crippen MR) is 90.0 cm³/mol. The van der Waals surface area contributed by atoms with Crippen LogP contribution in [-0.2, 0) is 11.3 Å². The van der Waals surface area contributed by atoms with Crippen LogP contribution >= 0.6 is 15.9 Å². The van der Waals surface area contributed by atoms with Crippen LogP contribution in [0, 0.1) is 6.92 Å². The minimum absolute atomic E-state index is 0.248. The molecule has 21 heavy (non-hydrogen) atoms. The Labute approximate surface area is 136 Å². The van der Waals surface area contributed by atoms with Gasteiger partial charge in [-0.1, -0.05) is 22.9 Å². The number of halogens is 1.